The van der Waals surface area contributed by atoms with Crippen LogP contribution in [0.15, 0.2) is 37.2 Å². The van der Waals surface area contributed by atoms with Crippen LogP contribution in [0, 0.1) is 0 Å². The van der Waals surface area contributed by atoms with Crippen LogP contribution in [0.2, 0.25) is 0 Å². The molecular formula is C12H14IN3OS. The van der Waals surface area contributed by atoms with Gasteiger partial charge in [-0.3, -0.25) is 0 Å². The van der Waals surface area contributed by atoms with E-state index >= 15 is 0 Å². The van der Waals surface area contributed by atoms with E-state index in [0.717, 1.165) is 29.4 Å². The lowest BCUT2D eigenvalue weighted by Crippen LogP contribution is -3.00. The van der Waals surface area contributed by atoms with Crippen LogP contribution < -0.4 is 33.3 Å². The molecule has 0 aliphatic heterocycles. The largest absolute Gasteiger partial charge is 1.00 e. The van der Waals surface area contributed by atoms with Crippen molar-refractivity contribution in [3.05, 3.63) is 37.2 Å². The first kappa shape index (κ1) is 15.0. The van der Waals surface area contributed by atoms with Gasteiger partial charge in [0.25, 0.3) is 5.88 Å². The van der Waals surface area contributed by atoms with Gasteiger partial charge in [0, 0.05) is 6.07 Å². The Kier molecular flexibility index (Phi) is 6.20. The molecule has 0 saturated carbocycles. The topological polar surface area (TPSA) is 38.9 Å². The summed E-state index contributed by atoms with van der Waals surface area (Å²) in [7, 11) is 1.97. The van der Waals surface area contributed by atoms with Gasteiger partial charge in [0.05, 0.1) is 23.9 Å². The van der Waals surface area contributed by atoms with Crippen LogP contribution in [0.4, 0.5) is 0 Å². The van der Waals surface area contributed by atoms with Crippen molar-refractivity contribution in [3.63, 3.8) is 0 Å². The molecule has 0 aliphatic carbocycles. The predicted octanol–water partition coefficient (Wildman–Crippen LogP) is -1.01. The monoisotopic (exact) mass is 375 g/mol. The Balaban J connectivity index is 0.00000162. The molecule has 0 unspecified atom stereocenters. The second-order valence-electron chi connectivity index (χ2n) is 3.60. The Morgan fingerprint density at radius 1 is 1.50 bits per heavy atom. The number of nitrogens with zero attached hydrogens (tertiary/aromatic N) is 3. The van der Waals surface area contributed by atoms with Crippen molar-refractivity contribution in [1.82, 2.24) is 8.75 Å². The van der Waals surface area contributed by atoms with Crippen molar-refractivity contribution >= 4 is 11.7 Å². The zero-order valence-corrected chi connectivity index (χ0v) is 13.0. The van der Waals surface area contributed by atoms with Gasteiger partial charge in [-0.15, -0.1) is 11.0 Å². The molecule has 0 spiro atoms. The summed E-state index contributed by atoms with van der Waals surface area (Å²) in [6, 6.07) is 3.97. The van der Waals surface area contributed by atoms with Crippen LogP contribution in [0.5, 0.6) is 5.88 Å². The van der Waals surface area contributed by atoms with Crippen LogP contribution in [-0.2, 0) is 7.05 Å². The van der Waals surface area contributed by atoms with Crippen LogP contribution in [-0.4, -0.2) is 15.4 Å². The first-order valence-electron chi connectivity index (χ1n) is 5.33. The van der Waals surface area contributed by atoms with Crippen LogP contribution in [0.1, 0.15) is 6.42 Å². The minimum Gasteiger partial charge on any atom is -1.00 e. The highest BCUT2D eigenvalue weighted by Gasteiger charge is 2.13. The predicted molar refractivity (Wildman–Crippen MR) is 66.8 cm³/mol. The van der Waals surface area contributed by atoms with Gasteiger partial charge in [-0.1, -0.05) is 6.08 Å². The number of hydrogen-bond acceptors (Lipinski definition) is 4. The summed E-state index contributed by atoms with van der Waals surface area (Å²) < 4.78 is 16.0. The molecule has 18 heavy (non-hydrogen) atoms. The molecule has 2 heterocycles. The molecule has 0 N–H and O–H groups in total. The van der Waals surface area contributed by atoms with Crippen molar-refractivity contribution in [2.75, 3.05) is 6.61 Å². The minimum atomic E-state index is 0. The first-order chi connectivity index (χ1) is 8.31. The molecule has 0 aliphatic rings. The number of aromatic nitrogens is 3. The molecule has 96 valence electrons. The molecule has 0 fully saturated rings. The first-order valence-corrected chi connectivity index (χ1v) is 6.06. The minimum absolute atomic E-state index is 0. The van der Waals surface area contributed by atoms with E-state index in [-0.39, 0.29) is 24.0 Å². The summed E-state index contributed by atoms with van der Waals surface area (Å²) >= 11 is 1.16. The van der Waals surface area contributed by atoms with Crippen molar-refractivity contribution in [3.8, 4) is 17.1 Å². The van der Waals surface area contributed by atoms with Gasteiger partial charge in [0.2, 0.25) is 0 Å². The highest BCUT2D eigenvalue weighted by molar-refractivity contribution is 6.99. The van der Waals surface area contributed by atoms with Crippen molar-refractivity contribution < 1.29 is 33.3 Å². The van der Waals surface area contributed by atoms with E-state index in [9.17, 15) is 0 Å². The third-order valence-electron chi connectivity index (χ3n) is 2.23. The number of hydrogen-bond donors (Lipinski definition) is 0. The number of aryl methyl sites for hydroxylation is 1. The van der Waals surface area contributed by atoms with E-state index in [1.54, 1.807) is 0 Å². The molecule has 4 nitrogen and oxygen atoms in total. The molecule has 6 heteroatoms. The normalized spacial score (nSPS) is 9.61. The summed E-state index contributed by atoms with van der Waals surface area (Å²) in [6.45, 7) is 4.24. The lowest BCUT2D eigenvalue weighted by atomic mass is 10.2. The third-order valence-corrected chi connectivity index (χ3v) is 2.74. The van der Waals surface area contributed by atoms with Gasteiger partial charge in [-0.2, -0.15) is 4.37 Å². The number of pyridine rings is 1. The standard InChI is InChI=1S/C12H14N3OS.HI/c1-3-4-8-16-12-11(13-17-14-12)10-6-5-7-15(2)9-10;/h3,5-7,9H,1,4,8H2,2H3;1H/q+1;/p-1. The van der Waals surface area contributed by atoms with E-state index in [4.69, 9.17) is 4.74 Å². The van der Waals surface area contributed by atoms with Crippen molar-refractivity contribution in [1.29, 1.82) is 0 Å². The highest BCUT2D eigenvalue weighted by atomic mass is 127. The van der Waals surface area contributed by atoms with Gasteiger partial charge in [-0.05, 0) is 12.5 Å². The Bertz CT molecular complexity index is 516. The second-order valence-corrected chi connectivity index (χ2v) is 4.13. The van der Waals surface area contributed by atoms with Crippen LogP contribution in [0.3, 0.4) is 0 Å². The van der Waals surface area contributed by atoms with Gasteiger partial charge in [0.1, 0.15) is 7.05 Å². The summed E-state index contributed by atoms with van der Waals surface area (Å²) in [5.41, 5.74) is 1.81. The number of ether oxygens (including phenoxy) is 1. The Morgan fingerprint density at radius 3 is 3.06 bits per heavy atom. The van der Waals surface area contributed by atoms with Crippen LogP contribution >= 0.6 is 11.7 Å². The highest BCUT2D eigenvalue weighted by Crippen LogP contribution is 2.26. The molecule has 0 aromatic carbocycles. The lowest BCUT2D eigenvalue weighted by molar-refractivity contribution is -0.671. The molecule has 2 rings (SSSR count). The molecule has 0 radical (unpaired) electrons. The maximum Gasteiger partial charge on any atom is 0.254 e. The second kappa shape index (κ2) is 7.42. The van der Waals surface area contributed by atoms with E-state index in [0.29, 0.717) is 12.5 Å². The van der Waals surface area contributed by atoms with Gasteiger partial charge in [-0.25, -0.2) is 4.57 Å². The molecule has 0 saturated heterocycles. The van der Waals surface area contributed by atoms with Gasteiger partial charge < -0.3 is 28.7 Å². The molecule has 2 aromatic heterocycles. The zero-order chi connectivity index (χ0) is 12.1. The van der Waals surface area contributed by atoms with E-state index in [1.165, 1.54) is 0 Å². The lowest BCUT2D eigenvalue weighted by Gasteiger charge is -2.02. The van der Waals surface area contributed by atoms with Gasteiger partial charge >= 0.3 is 0 Å². The Hall–Kier alpha value is -1.02. The summed E-state index contributed by atoms with van der Waals surface area (Å²) in [5, 5.41) is 0. The zero-order valence-electron chi connectivity index (χ0n) is 10.0. The van der Waals surface area contributed by atoms with E-state index in [1.807, 2.05) is 42.2 Å². The van der Waals surface area contributed by atoms with E-state index in [2.05, 4.69) is 15.3 Å². The van der Waals surface area contributed by atoms with E-state index < -0.39 is 0 Å². The summed E-state index contributed by atoms with van der Waals surface area (Å²) in [4.78, 5) is 0. The van der Waals surface area contributed by atoms with Crippen molar-refractivity contribution in [2.45, 2.75) is 6.42 Å². The average molecular weight is 375 g/mol. The SMILES string of the molecule is C=CCCOc1nsnc1-c1ccc[n+](C)c1.[I-]. The fourth-order valence-corrected chi connectivity index (χ4v) is 1.94. The third kappa shape index (κ3) is 3.74. The van der Waals surface area contributed by atoms with Gasteiger partial charge in [0.15, 0.2) is 18.1 Å². The summed E-state index contributed by atoms with van der Waals surface area (Å²) in [6.07, 6.45) is 6.60. The Labute approximate surface area is 128 Å². The number of halogens is 1. The Morgan fingerprint density at radius 2 is 2.33 bits per heavy atom. The molecule has 0 bridgehead atoms. The maximum atomic E-state index is 5.57. The average Bonchev–Trinajstić information content (AvgIpc) is 2.78. The fourth-order valence-electron chi connectivity index (χ4n) is 1.42. The number of rotatable bonds is 5. The maximum absolute atomic E-state index is 5.57. The smallest absolute Gasteiger partial charge is 0.254 e. The molecule has 2 aromatic rings. The molecule has 0 atom stereocenters. The molecule has 0 amide bonds. The quantitative estimate of drug-likeness (QED) is 0.291. The summed E-state index contributed by atoms with van der Waals surface area (Å²) in [5.74, 6) is 0.600. The van der Waals surface area contributed by atoms with Crippen LogP contribution in [0.25, 0.3) is 11.3 Å². The molecular weight excluding hydrogens is 361 g/mol. The van der Waals surface area contributed by atoms with Crippen molar-refractivity contribution in [2.24, 2.45) is 7.05 Å². The fraction of sp³-hybridized carbons (Fsp3) is 0.250.